The van der Waals surface area contributed by atoms with Crippen LogP contribution in [0.2, 0.25) is 5.02 Å². The van der Waals surface area contributed by atoms with Crippen molar-refractivity contribution in [1.29, 1.82) is 0 Å². The number of halogens is 1. The summed E-state index contributed by atoms with van der Waals surface area (Å²) >= 11 is 5.73. The number of ether oxygens (including phenoxy) is 2. The Morgan fingerprint density at radius 3 is 2.56 bits per heavy atom. The van der Waals surface area contributed by atoms with Gasteiger partial charge in [-0.2, -0.15) is 0 Å². The Balaban J connectivity index is 1.95. The van der Waals surface area contributed by atoms with Crippen LogP contribution in [0, 0.1) is 10.1 Å². The molecule has 0 aliphatic heterocycles. The molecule has 0 saturated heterocycles. The number of nitrogens with zero attached hydrogens (tertiary/aromatic N) is 1. The van der Waals surface area contributed by atoms with Crippen molar-refractivity contribution in [2.24, 2.45) is 0 Å². The zero-order valence-corrected chi connectivity index (χ0v) is 14.4. The Hall–Kier alpha value is -2.80. The van der Waals surface area contributed by atoms with Crippen LogP contribution in [-0.4, -0.2) is 24.5 Å². The lowest BCUT2D eigenvalue weighted by Crippen LogP contribution is -2.31. The van der Waals surface area contributed by atoms with Crippen LogP contribution in [0.15, 0.2) is 42.5 Å². The van der Waals surface area contributed by atoms with Gasteiger partial charge in [0.25, 0.3) is 5.91 Å². The Labute approximate surface area is 149 Å². The Kier molecular flexibility index (Phi) is 6.19. The molecule has 0 saturated carbocycles. The highest BCUT2D eigenvalue weighted by Crippen LogP contribution is 2.29. The van der Waals surface area contributed by atoms with Gasteiger partial charge in [0, 0.05) is 11.1 Å². The van der Waals surface area contributed by atoms with Gasteiger partial charge in [-0.05, 0) is 36.8 Å². The number of nitro benzene ring substituents is 1. The van der Waals surface area contributed by atoms with Crippen LogP contribution in [0.5, 0.6) is 11.5 Å². The minimum absolute atomic E-state index is 0.0124. The van der Waals surface area contributed by atoms with Crippen molar-refractivity contribution >= 4 is 23.2 Å². The Bertz CT molecular complexity index is 764. The van der Waals surface area contributed by atoms with Crippen molar-refractivity contribution in [3.05, 3.63) is 63.2 Å². The highest BCUT2D eigenvalue weighted by molar-refractivity contribution is 6.30. The second kappa shape index (κ2) is 8.34. The van der Waals surface area contributed by atoms with Gasteiger partial charge in [-0.3, -0.25) is 14.9 Å². The van der Waals surface area contributed by atoms with E-state index in [0.29, 0.717) is 0 Å². The smallest absolute Gasteiger partial charge is 0.312 e. The van der Waals surface area contributed by atoms with E-state index < -0.39 is 10.8 Å². The molecule has 0 aliphatic carbocycles. The monoisotopic (exact) mass is 364 g/mol. The van der Waals surface area contributed by atoms with Crippen LogP contribution in [0.1, 0.15) is 18.5 Å². The first-order chi connectivity index (χ1) is 11.9. The molecule has 0 unspecified atom stereocenters. The third-order valence-corrected chi connectivity index (χ3v) is 3.70. The Morgan fingerprint density at radius 1 is 1.28 bits per heavy atom. The average molecular weight is 365 g/mol. The number of methoxy groups -OCH3 is 1. The molecular formula is C17H17ClN2O5. The van der Waals surface area contributed by atoms with Crippen molar-refractivity contribution in [2.45, 2.75) is 13.0 Å². The summed E-state index contributed by atoms with van der Waals surface area (Å²) in [6.45, 7) is 1.48. The maximum atomic E-state index is 12.0. The molecule has 2 rings (SSSR count). The highest BCUT2D eigenvalue weighted by atomic mass is 35.5. The SMILES string of the molecule is COc1ccc([C@H](C)NC(=O)COc2ccc(Cl)cc2[N+](=O)[O-])cc1. The molecule has 0 spiro atoms. The zero-order chi connectivity index (χ0) is 18.4. The molecular weight excluding hydrogens is 348 g/mol. The summed E-state index contributed by atoms with van der Waals surface area (Å²) in [7, 11) is 1.58. The molecule has 25 heavy (non-hydrogen) atoms. The molecule has 0 aliphatic rings. The zero-order valence-electron chi connectivity index (χ0n) is 13.7. The van der Waals surface area contributed by atoms with Gasteiger partial charge < -0.3 is 14.8 Å². The van der Waals surface area contributed by atoms with E-state index >= 15 is 0 Å². The molecule has 2 aromatic rings. The summed E-state index contributed by atoms with van der Waals surface area (Å²) in [5, 5.41) is 14.0. The van der Waals surface area contributed by atoms with Crippen molar-refractivity contribution in [1.82, 2.24) is 5.32 Å². The van der Waals surface area contributed by atoms with Gasteiger partial charge >= 0.3 is 5.69 Å². The van der Waals surface area contributed by atoms with Crippen LogP contribution in [0.25, 0.3) is 0 Å². The Morgan fingerprint density at radius 2 is 1.96 bits per heavy atom. The summed E-state index contributed by atoms with van der Waals surface area (Å²) in [6.07, 6.45) is 0. The first-order valence-electron chi connectivity index (χ1n) is 7.40. The van der Waals surface area contributed by atoms with Gasteiger partial charge in [0.15, 0.2) is 12.4 Å². The minimum atomic E-state index is -0.612. The molecule has 0 aromatic heterocycles. The van der Waals surface area contributed by atoms with E-state index in [0.717, 1.165) is 11.3 Å². The standard InChI is InChI=1S/C17H17ClN2O5/c1-11(12-3-6-14(24-2)7-4-12)19-17(21)10-25-16-8-5-13(18)9-15(16)20(22)23/h3-9,11H,10H2,1-2H3,(H,19,21)/t11-/m0/s1. The van der Waals surface area contributed by atoms with Crippen molar-refractivity contribution in [2.75, 3.05) is 13.7 Å². The number of nitrogens with one attached hydrogen (secondary N) is 1. The summed E-state index contributed by atoms with van der Waals surface area (Å²) in [4.78, 5) is 22.4. The van der Waals surface area contributed by atoms with Gasteiger partial charge in [0.2, 0.25) is 0 Å². The van der Waals surface area contributed by atoms with E-state index in [4.69, 9.17) is 21.1 Å². The third kappa shape index (κ3) is 5.09. The predicted octanol–water partition coefficient (Wildman–Crippen LogP) is 3.51. The second-order valence-corrected chi connectivity index (χ2v) is 5.66. The molecule has 2 aromatic carbocycles. The number of carbonyl (C=O) groups is 1. The molecule has 1 N–H and O–H groups in total. The van der Waals surface area contributed by atoms with E-state index in [1.165, 1.54) is 18.2 Å². The summed E-state index contributed by atoms with van der Waals surface area (Å²) in [6, 6.07) is 11.0. The maximum absolute atomic E-state index is 12.0. The molecule has 132 valence electrons. The number of carbonyl (C=O) groups excluding carboxylic acids is 1. The lowest BCUT2D eigenvalue weighted by molar-refractivity contribution is -0.385. The minimum Gasteiger partial charge on any atom is -0.497 e. The number of benzene rings is 2. The average Bonchev–Trinajstić information content (AvgIpc) is 2.60. The highest BCUT2D eigenvalue weighted by Gasteiger charge is 2.17. The number of hydrogen-bond donors (Lipinski definition) is 1. The van der Waals surface area contributed by atoms with E-state index in [9.17, 15) is 14.9 Å². The number of hydrogen-bond acceptors (Lipinski definition) is 5. The molecule has 0 heterocycles. The van der Waals surface area contributed by atoms with Crippen LogP contribution >= 0.6 is 11.6 Å². The van der Waals surface area contributed by atoms with Gasteiger partial charge in [-0.15, -0.1) is 0 Å². The van der Waals surface area contributed by atoms with Gasteiger partial charge in [-0.25, -0.2) is 0 Å². The number of rotatable bonds is 7. The molecule has 0 bridgehead atoms. The number of nitro groups is 1. The van der Waals surface area contributed by atoms with Crippen molar-refractivity contribution in [3.63, 3.8) is 0 Å². The molecule has 0 fully saturated rings. The second-order valence-electron chi connectivity index (χ2n) is 5.22. The molecule has 1 atom stereocenters. The van der Waals surface area contributed by atoms with Gasteiger partial charge in [0.1, 0.15) is 5.75 Å². The van der Waals surface area contributed by atoms with Crippen molar-refractivity contribution < 1.29 is 19.2 Å². The largest absolute Gasteiger partial charge is 0.497 e. The number of amides is 1. The van der Waals surface area contributed by atoms with Crippen LogP contribution in [0.3, 0.4) is 0 Å². The lowest BCUT2D eigenvalue weighted by atomic mass is 10.1. The fourth-order valence-corrected chi connectivity index (χ4v) is 2.32. The van der Waals surface area contributed by atoms with Crippen LogP contribution < -0.4 is 14.8 Å². The summed E-state index contributed by atoms with van der Waals surface area (Å²) < 4.78 is 10.3. The topological polar surface area (TPSA) is 90.7 Å². The van der Waals surface area contributed by atoms with Crippen molar-refractivity contribution in [3.8, 4) is 11.5 Å². The van der Waals surface area contributed by atoms with Gasteiger partial charge in [0.05, 0.1) is 18.1 Å². The first-order valence-corrected chi connectivity index (χ1v) is 7.78. The van der Waals surface area contributed by atoms with E-state index in [-0.39, 0.29) is 29.1 Å². The normalized spacial score (nSPS) is 11.5. The molecule has 8 heteroatoms. The van der Waals surface area contributed by atoms with Crippen LogP contribution in [-0.2, 0) is 4.79 Å². The fourth-order valence-electron chi connectivity index (χ4n) is 2.16. The van der Waals surface area contributed by atoms with Gasteiger partial charge in [-0.1, -0.05) is 23.7 Å². The fraction of sp³-hybridized carbons (Fsp3) is 0.235. The quantitative estimate of drug-likeness (QED) is 0.599. The summed E-state index contributed by atoms with van der Waals surface area (Å²) in [5.74, 6) is 0.315. The predicted molar refractivity (Wildman–Crippen MR) is 93.2 cm³/mol. The summed E-state index contributed by atoms with van der Waals surface area (Å²) in [5.41, 5.74) is 0.607. The van der Waals surface area contributed by atoms with Crippen LogP contribution in [0.4, 0.5) is 5.69 Å². The lowest BCUT2D eigenvalue weighted by Gasteiger charge is -2.15. The van der Waals surface area contributed by atoms with E-state index in [1.54, 1.807) is 19.2 Å². The maximum Gasteiger partial charge on any atom is 0.312 e. The third-order valence-electron chi connectivity index (χ3n) is 3.47. The molecule has 0 radical (unpaired) electrons. The molecule has 1 amide bonds. The first kappa shape index (κ1) is 18.5. The van der Waals surface area contributed by atoms with E-state index in [2.05, 4.69) is 5.32 Å². The van der Waals surface area contributed by atoms with E-state index in [1.807, 2.05) is 19.1 Å². The molecule has 7 nitrogen and oxygen atoms in total.